The van der Waals surface area contributed by atoms with Crippen molar-refractivity contribution in [2.75, 3.05) is 13.2 Å². The summed E-state index contributed by atoms with van der Waals surface area (Å²) in [6.45, 7) is 8.89. The van der Waals surface area contributed by atoms with Crippen LogP contribution in [0.3, 0.4) is 0 Å². The number of rotatable bonds is 64. The van der Waals surface area contributed by atoms with E-state index in [-0.39, 0.29) is 31.1 Å². The van der Waals surface area contributed by atoms with Gasteiger partial charge in [-0.25, -0.2) is 0 Å². The molecule has 0 saturated heterocycles. The SMILES string of the molecule is CCCCCCCC/C=C/CCCCCCCC(=O)OCC(COC(=O)CCCCCCC/C=C/CCCCCCCC)OC(=O)CCCCCCC/C=C/CCCCCCCC.CCCCCCCCCCCCCCCC(=O)O. The fourth-order valence-corrected chi connectivity index (χ4v) is 10.2. The Hall–Kier alpha value is -2.90. The van der Waals surface area contributed by atoms with Crippen LogP contribution in [-0.4, -0.2) is 48.3 Å². The molecule has 0 heterocycles. The number of carbonyl (C=O) groups excluding carboxylic acids is 3. The molecular formula is C73H136O8. The normalized spacial score (nSPS) is 11.6. The molecule has 8 nitrogen and oxygen atoms in total. The molecule has 0 radical (unpaired) electrons. The van der Waals surface area contributed by atoms with Crippen molar-refractivity contribution in [2.24, 2.45) is 0 Å². The molecule has 0 bridgehead atoms. The minimum absolute atomic E-state index is 0.0806. The maximum absolute atomic E-state index is 12.8. The lowest BCUT2D eigenvalue weighted by atomic mass is 10.0. The number of hydrogen-bond acceptors (Lipinski definition) is 7. The number of carboxylic acid groups (broad SMARTS) is 1. The number of esters is 3. The van der Waals surface area contributed by atoms with Gasteiger partial charge in [0.05, 0.1) is 0 Å². The number of carbonyl (C=O) groups is 4. The fraction of sp³-hybridized carbons (Fsp3) is 0.863. The standard InChI is InChI=1S/C57H104O6.C16H32O2/c1-4-7-10-13-16-19-22-25-28-31-34-37-40-43-46-49-55(58)61-52-54(63-57(60)51-48-45-42-39-36-33-30-27-24-21-18-15-12-9-6-3)53-62-56(59)50-47-44-41-38-35-32-29-26-23-20-17-14-11-8-5-2;1-2-3-4-5-6-7-8-9-10-11-12-13-14-15-16(17)18/h25-30,54H,4-24,31-53H2,1-3H3;2-15H2,1H3,(H,17,18)/b28-25+,29-26+,30-27+;. The third-order valence-electron chi connectivity index (χ3n) is 15.6. The Labute approximate surface area is 503 Å². The van der Waals surface area contributed by atoms with E-state index in [1.54, 1.807) is 0 Å². The van der Waals surface area contributed by atoms with Gasteiger partial charge in [0.2, 0.25) is 0 Å². The van der Waals surface area contributed by atoms with Gasteiger partial charge in [-0.3, -0.25) is 19.2 Å². The largest absolute Gasteiger partial charge is 0.481 e. The molecule has 476 valence electrons. The van der Waals surface area contributed by atoms with Gasteiger partial charge in [0.1, 0.15) is 13.2 Å². The predicted octanol–water partition coefficient (Wildman–Crippen LogP) is 23.6. The number of allylic oxidation sites excluding steroid dienone is 6. The van der Waals surface area contributed by atoms with Crippen molar-refractivity contribution in [1.29, 1.82) is 0 Å². The van der Waals surface area contributed by atoms with Gasteiger partial charge in [0, 0.05) is 25.7 Å². The molecule has 0 aromatic carbocycles. The first-order chi connectivity index (χ1) is 39.8. The second kappa shape index (κ2) is 71.4. The molecule has 0 aliphatic rings. The summed E-state index contributed by atoms with van der Waals surface area (Å²) >= 11 is 0. The van der Waals surface area contributed by atoms with E-state index in [2.05, 4.69) is 64.2 Å². The molecule has 0 rings (SSSR count). The predicted molar refractivity (Wildman–Crippen MR) is 348 cm³/mol. The summed E-state index contributed by atoms with van der Waals surface area (Å²) in [6.07, 6.45) is 78.5. The molecule has 0 unspecified atom stereocenters. The van der Waals surface area contributed by atoms with E-state index in [4.69, 9.17) is 19.3 Å². The van der Waals surface area contributed by atoms with E-state index in [0.717, 1.165) is 89.9 Å². The molecule has 0 aliphatic carbocycles. The Bertz CT molecular complexity index is 1330. The molecule has 0 amide bonds. The van der Waals surface area contributed by atoms with Gasteiger partial charge in [-0.15, -0.1) is 0 Å². The number of hydrogen-bond donors (Lipinski definition) is 1. The monoisotopic (exact) mass is 1140 g/mol. The van der Waals surface area contributed by atoms with Crippen molar-refractivity contribution in [1.82, 2.24) is 0 Å². The third kappa shape index (κ3) is 73.2. The van der Waals surface area contributed by atoms with E-state index in [1.165, 1.54) is 244 Å². The molecule has 0 aliphatic heterocycles. The summed E-state index contributed by atoms with van der Waals surface area (Å²) in [4.78, 5) is 48.3. The number of ether oxygens (including phenoxy) is 3. The third-order valence-corrected chi connectivity index (χ3v) is 15.6. The first-order valence-electron chi connectivity index (χ1n) is 35.5. The second-order valence-corrected chi connectivity index (χ2v) is 23.9. The van der Waals surface area contributed by atoms with Crippen molar-refractivity contribution >= 4 is 23.9 Å². The first kappa shape index (κ1) is 80.2. The lowest BCUT2D eigenvalue weighted by Crippen LogP contribution is -2.30. The topological polar surface area (TPSA) is 116 Å². The Morgan fingerprint density at radius 2 is 0.469 bits per heavy atom. The van der Waals surface area contributed by atoms with E-state index in [9.17, 15) is 19.2 Å². The molecular weight excluding hydrogens is 1000 g/mol. The van der Waals surface area contributed by atoms with Gasteiger partial charge >= 0.3 is 23.9 Å². The molecule has 0 aromatic heterocycles. The molecule has 81 heavy (non-hydrogen) atoms. The molecule has 0 atom stereocenters. The quantitative estimate of drug-likeness (QED) is 0.0277. The summed E-state index contributed by atoms with van der Waals surface area (Å²) in [5.41, 5.74) is 0. The van der Waals surface area contributed by atoms with E-state index >= 15 is 0 Å². The minimum Gasteiger partial charge on any atom is -0.481 e. The highest BCUT2D eigenvalue weighted by atomic mass is 16.6. The molecule has 0 saturated carbocycles. The van der Waals surface area contributed by atoms with E-state index in [1.807, 2.05) is 0 Å². The van der Waals surface area contributed by atoms with Crippen LogP contribution in [0, 0.1) is 0 Å². The van der Waals surface area contributed by atoms with Crippen LogP contribution in [0.4, 0.5) is 0 Å². The molecule has 1 N–H and O–H groups in total. The van der Waals surface area contributed by atoms with Crippen LogP contribution in [0.25, 0.3) is 0 Å². The van der Waals surface area contributed by atoms with E-state index in [0.29, 0.717) is 25.7 Å². The fourth-order valence-electron chi connectivity index (χ4n) is 10.2. The summed E-state index contributed by atoms with van der Waals surface area (Å²) < 4.78 is 16.8. The summed E-state index contributed by atoms with van der Waals surface area (Å²) in [5, 5.41) is 8.49. The van der Waals surface area contributed by atoms with Gasteiger partial charge in [0.15, 0.2) is 6.10 Å². The van der Waals surface area contributed by atoms with Crippen LogP contribution in [0.15, 0.2) is 36.5 Å². The van der Waals surface area contributed by atoms with Crippen molar-refractivity contribution in [3.05, 3.63) is 36.5 Å². The second-order valence-electron chi connectivity index (χ2n) is 23.9. The van der Waals surface area contributed by atoms with Crippen LogP contribution in [0.5, 0.6) is 0 Å². The minimum atomic E-state index is -0.781. The number of unbranched alkanes of at least 4 members (excludes halogenated alkanes) is 45. The van der Waals surface area contributed by atoms with Crippen molar-refractivity contribution in [3.63, 3.8) is 0 Å². The highest BCUT2D eigenvalue weighted by Gasteiger charge is 2.19. The van der Waals surface area contributed by atoms with Gasteiger partial charge in [0.25, 0.3) is 0 Å². The average molecular weight is 1140 g/mol. The molecule has 0 spiro atoms. The summed E-state index contributed by atoms with van der Waals surface area (Å²) in [6, 6.07) is 0. The van der Waals surface area contributed by atoms with Crippen LogP contribution < -0.4 is 0 Å². The lowest BCUT2D eigenvalue weighted by Gasteiger charge is -2.18. The molecule has 0 fully saturated rings. The zero-order valence-corrected chi connectivity index (χ0v) is 54.4. The Morgan fingerprint density at radius 3 is 0.704 bits per heavy atom. The zero-order chi connectivity index (χ0) is 59.3. The van der Waals surface area contributed by atoms with Crippen molar-refractivity contribution < 1.29 is 38.5 Å². The van der Waals surface area contributed by atoms with Crippen LogP contribution in [-0.2, 0) is 33.4 Å². The number of carboxylic acids is 1. The van der Waals surface area contributed by atoms with Gasteiger partial charge < -0.3 is 19.3 Å². The average Bonchev–Trinajstić information content (AvgIpc) is 3.46. The molecule has 8 heteroatoms. The Morgan fingerprint density at radius 1 is 0.272 bits per heavy atom. The first-order valence-corrected chi connectivity index (χ1v) is 35.5. The maximum atomic E-state index is 12.8. The van der Waals surface area contributed by atoms with Crippen LogP contribution in [0.2, 0.25) is 0 Å². The summed E-state index contributed by atoms with van der Waals surface area (Å²) in [7, 11) is 0. The van der Waals surface area contributed by atoms with Gasteiger partial charge in [-0.1, -0.05) is 295 Å². The maximum Gasteiger partial charge on any atom is 0.306 e. The highest BCUT2D eigenvalue weighted by Crippen LogP contribution is 2.17. The van der Waals surface area contributed by atoms with E-state index < -0.39 is 12.1 Å². The van der Waals surface area contributed by atoms with Crippen molar-refractivity contribution in [2.45, 2.75) is 393 Å². The highest BCUT2D eigenvalue weighted by molar-refractivity contribution is 5.71. The Kier molecular flexibility index (Phi) is 70.6. The molecule has 0 aromatic rings. The summed E-state index contributed by atoms with van der Waals surface area (Å²) in [5.74, 6) is -1.55. The lowest BCUT2D eigenvalue weighted by molar-refractivity contribution is -0.167. The Balaban J connectivity index is 0. The van der Waals surface area contributed by atoms with Crippen LogP contribution >= 0.6 is 0 Å². The smallest absolute Gasteiger partial charge is 0.306 e. The zero-order valence-electron chi connectivity index (χ0n) is 54.4. The number of aliphatic carboxylic acids is 1. The van der Waals surface area contributed by atoms with Crippen LogP contribution in [0.1, 0.15) is 387 Å². The van der Waals surface area contributed by atoms with Gasteiger partial charge in [-0.05, 0) is 103 Å². The van der Waals surface area contributed by atoms with Crippen molar-refractivity contribution in [3.8, 4) is 0 Å². The van der Waals surface area contributed by atoms with Gasteiger partial charge in [-0.2, -0.15) is 0 Å².